The Bertz CT molecular complexity index is 830. The standard InChI is InChI=1S/C19H19N3O2S/c1-24-17-9-5-4-8-16(17)21-18(23)12-25-19-14(11-20)10-13-6-2-3-7-15(13)22-19/h4-5,8-10H,2-3,6-7,12H2,1H3,(H,21,23). The normalized spacial score (nSPS) is 12.8. The summed E-state index contributed by atoms with van der Waals surface area (Å²) in [5.41, 5.74) is 3.42. The number of hydrogen-bond donors (Lipinski definition) is 1. The maximum atomic E-state index is 12.2. The molecule has 0 spiro atoms. The van der Waals surface area contributed by atoms with E-state index in [1.54, 1.807) is 19.2 Å². The number of anilines is 1. The van der Waals surface area contributed by atoms with Crippen LogP contribution in [0, 0.1) is 11.3 Å². The molecule has 1 amide bonds. The Morgan fingerprint density at radius 3 is 2.96 bits per heavy atom. The van der Waals surface area contributed by atoms with Crippen LogP contribution < -0.4 is 10.1 Å². The highest BCUT2D eigenvalue weighted by Gasteiger charge is 2.16. The van der Waals surface area contributed by atoms with Gasteiger partial charge in [0.15, 0.2) is 0 Å². The molecule has 6 heteroatoms. The number of amides is 1. The summed E-state index contributed by atoms with van der Waals surface area (Å²) < 4.78 is 5.23. The highest BCUT2D eigenvalue weighted by molar-refractivity contribution is 8.00. The van der Waals surface area contributed by atoms with Gasteiger partial charge in [-0.3, -0.25) is 4.79 Å². The minimum Gasteiger partial charge on any atom is -0.495 e. The van der Waals surface area contributed by atoms with Crippen LogP contribution in [0.1, 0.15) is 29.7 Å². The molecule has 1 N–H and O–H groups in total. The van der Waals surface area contributed by atoms with Crippen molar-refractivity contribution in [3.8, 4) is 11.8 Å². The number of aryl methyl sites for hydroxylation is 2. The van der Waals surface area contributed by atoms with E-state index in [2.05, 4.69) is 16.4 Å². The van der Waals surface area contributed by atoms with Gasteiger partial charge in [0, 0.05) is 5.69 Å². The highest BCUT2D eigenvalue weighted by atomic mass is 32.2. The Morgan fingerprint density at radius 1 is 1.36 bits per heavy atom. The van der Waals surface area contributed by atoms with E-state index >= 15 is 0 Å². The Balaban J connectivity index is 1.69. The van der Waals surface area contributed by atoms with Crippen LogP contribution in [0.25, 0.3) is 0 Å². The zero-order valence-electron chi connectivity index (χ0n) is 14.0. The molecule has 0 fully saturated rings. The molecule has 0 unspecified atom stereocenters. The van der Waals surface area contributed by atoms with E-state index in [1.807, 2.05) is 18.2 Å². The molecule has 2 aromatic rings. The zero-order chi connectivity index (χ0) is 17.6. The smallest absolute Gasteiger partial charge is 0.234 e. The van der Waals surface area contributed by atoms with Gasteiger partial charge in [-0.15, -0.1) is 0 Å². The number of aromatic nitrogens is 1. The van der Waals surface area contributed by atoms with Gasteiger partial charge in [0.05, 0.1) is 24.1 Å². The van der Waals surface area contributed by atoms with Crippen molar-refractivity contribution in [3.05, 3.63) is 47.2 Å². The molecule has 1 aromatic heterocycles. The number of nitrogens with one attached hydrogen (secondary N) is 1. The minimum absolute atomic E-state index is 0.155. The molecule has 0 radical (unpaired) electrons. The average Bonchev–Trinajstić information content (AvgIpc) is 2.66. The first-order valence-corrected chi connectivity index (χ1v) is 9.18. The lowest BCUT2D eigenvalue weighted by Crippen LogP contribution is -2.15. The lowest BCUT2D eigenvalue weighted by molar-refractivity contribution is -0.113. The molecule has 1 aromatic carbocycles. The quantitative estimate of drug-likeness (QED) is 0.832. The van der Waals surface area contributed by atoms with Gasteiger partial charge in [0.25, 0.3) is 0 Å². The van der Waals surface area contributed by atoms with Crippen LogP contribution in [0.15, 0.2) is 35.4 Å². The fourth-order valence-corrected chi connectivity index (χ4v) is 3.65. The Hall–Kier alpha value is -2.52. The summed E-state index contributed by atoms with van der Waals surface area (Å²) >= 11 is 1.30. The Labute approximate surface area is 151 Å². The van der Waals surface area contributed by atoms with Gasteiger partial charge in [0.1, 0.15) is 16.8 Å². The van der Waals surface area contributed by atoms with E-state index in [9.17, 15) is 10.1 Å². The Morgan fingerprint density at radius 2 is 2.16 bits per heavy atom. The molecule has 0 bridgehead atoms. The van der Waals surface area contributed by atoms with E-state index in [4.69, 9.17) is 4.74 Å². The van der Waals surface area contributed by atoms with Crippen molar-refractivity contribution in [2.45, 2.75) is 30.7 Å². The molecule has 0 atom stereocenters. The van der Waals surface area contributed by atoms with Crippen LogP contribution >= 0.6 is 11.8 Å². The topological polar surface area (TPSA) is 75.0 Å². The molecule has 0 aliphatic heterocycles. The SMILES string of the molecule is COc1ccccc1NC(=O)CSc1nc2c(cc1C#N)CCCC2. The number of carbonyl (C=O) groups is 1. The summed E-state index contributed by atoms with van der Waals surface area (Å²) in [5.74, 6) is 0.654. The third-order valence-corrected chi connectivity index (χ3v) is 5.10. The zero-order valence-corrected chi connectivity index (χ0v) is 14.9. The summed E-state index contributed by atoms with van der Waals surface area (Å²) in [7, 11) is 1.57. The van der Waals surface area contributed by atoms with Gasteiger partial charge in [-0.05, 0) is 49.4 Å². The third kappa shape index (κ3) is 4.12. The van der Waals surface area contributed by atoms with Crippen molar-refractivity contribution < 1.29 is 9.53 Å². The molecular formula is C19H19N3O2S. The summed E-state index contributed by atoms with van der Waals surface area (Å²) in [6, 6.07) is 11.4. The molecule has 1 aliphatic carbocycles. The second-order valence-electron chi connectivity index (χ2n) is 5.80. The molecule has 0 saturated carbocycles. The van der Waals surface area contributed by atoms with E-state index < -0.39 is 0 Å². The summed E-state index contributed by atoms with van der Waals surface area (Å²) in [5, 5.41) is 12.8. The molecule has 0 saturated heterocycles. The van der Waals surface area contributed by atoms with E-state index in [-0.39, 0.29) is 11.7 Å². The van der Waals surface area contributed by atoms with Gasteiger partial charge in [-0.1, -0.05) is 23.9 Å². The minimum atomic E-state index is -0.155. The fraction of sp³-hybridized carbons (Fsp3) is 0.316. The van der Waals surface area contributed by atoms with Crippen molar-refractivity contribution in [1.82, 2.24) is 4.98 Å². The number of para-hydroxylation sites is 2. The number of thioether (sulfide) groups is 1. The van der Waals surface area contributed by atoms with Gasteiger partial charge in [0.2, 0.25) is 5.91 Å². The third-order valence-electron chi connectivity index (χ3n) is 4.11. The van der Waals surface area contributed by atoms with Crippen LogP contribution in [0.2, 0.25) is 0 Å². The van der Waals surface area contributed by atoms with Gasteiger partial charge < -0.3 is 10.1 Å². The average molecular weight is 353 g/mol. The largest absolute Gasteiger partial charge is 0.495 e. The predicted molar refractivity (Wildman–Crippen MR) is 97.9 cm³/mol. The lowest BCUT2D eigenvalue weighted by atomic mass is 9.95. The second-order valence-corrected chi connectivity index (χ2v) is 6.77. The number of ether oxygens (including phenoxy) is 1. The molecule has 1 heterocycles. The number of nitriles is 1. The molecule has 25 heavy (non-hydrogen) atoms. The number of methoxy groups -OCH3 is 1. The van der Waals surface area contributed by atoms with E-state index in [0.29, 0.717) is 22.0 Å². The van der Waals surface area contributed by atoms with Gasteiger partial charge in [-0.25, -0.2) is 4.98 Å². The summed E-state index contributed by atoms with van der Waals surface area (Å²) in [6.45, 7) is 0. The highest BCUT2D eigenvalue weighted by Crippen LogP contribution is 2.28. The van der Waals surface area contributed by atoms with Gasteiger partial charge >= 0.3 is 0 Å². The van der Waals surface area contributed by atoms with Crippen molar-refractivity contribution in [3.63, 3.8) is 0 Å². The van der Waals surface area contributed by atoms with Crippen LogP contribution in [0.3, 0.4) is 0 Å². The van der Waals surface area contributed by atoms with Crippen LogP contribution in [-0.2, 0) is 17.6 Å². The number of carbonyl (C=O) groups excluding carboxylic acids is 1. The number of pyridine rings is 1. The van der Waals surface area contributed by atoms with Gasteiger partial charge in [-0.2, -0.15) is 5.26 Å². The van der Waals surface area contributed by atoms with Crippen LogP contribution in [0.4, 0.5) is 5.69 Å². The number of nitrogens with zero attached hydrogens (tertiary/aromatic N) is 2. The maximum Gasteiger partial charge on any atom is 0.234 e. The fourth-order valence-electron chi connectivity index (χ4n) is 2.87. The van der Waals surface area contributed by atoms with E-state index in [1.165, 1.54) is 17.3 Å². The lowest BCUT2D eigenvalue weighted by Gasteiger charge is -2.16. The molecular weight excluding hydrogens is 334 g/mol. The van der Waals surface area contributed by atoms with E-state index in [0.717, 1.165) is 31.4 Å². The molecule has 5 nitrogen and oxygen atoms in total. The molecule has 128 valence electrons. The van der Waals surface area contributed by atoms with Crippen LogP contribution in [-0.4, -0.2) is 23.8 Å². The maximum absolute atomic E-state index is 12.2. The number of hydrogen-bond acceptors (Lipinski definition) is 5. The molecule has 1 aliphatic rings. The number of rotatable bonds is 5. The number of fused-ring (bicyclic) bond motifs is 1. The number of benzene rings is 1. The first kappa shape index (κ1) is 17.3. The first-order chi connectivity index (χ1) is 12.2. The van der Waals surface area contributed by atoms with Crippen LogP contribution in [0.5, 0.6) is 5.75 Å². The van der Waals surface area contributed by atoms with Crippen molar-refractivity contribution in [2.24, 2.45) is 0 Å². The van der Waals surface area contributed by atoms with Crippen molar-refractivity contribution >= 4 is 23.4 Å². The first-order valence-electron chi connectivity index (χ1n) is 8.20. The van der Waals surface area contributed by atoms with Crippen molar-refractivity contribution in [2.75, 3.05) is 18.2 Å². The Kier molecular flexibility index (Phi) is 5.56. The summed E-state index contributed by atoms with van der Waals surface area (Å²) in [6.07, 6.45) is 4.20. The second kappa shape index (κ2) is 8.04. The molecule has 3 rings (SSSR count). The van der Waals surface area contributed by atoms with Crippen molar-refractivity contribution in [1.29, 1.82) is 5.26 Å². The summed E-state index contributed by atoms with van der Waals surface area (Å²) in [4.78, 5) is 16.9. The monoisotopic (exact) mass is 353 g/mol. The predicted octanol–water partition coefficient (Wildman–Crippen LogP) is 3.57.